The third-order valence-corrected chi connectivity index (χ3v) is 7.17. The van der Waals surface area contributed by atoms with Crippen molar-refractivity contribution in [2.75, 3.05) is 24.5 Å². The van der Waals surface area contributed by atoms with Crippen molar-refractivity contribution in [1.82, 2.24) is 4.90 Å². The number of aliphatic hydroxyl groups excluding tert-OH is 1. The minimum atomic E-state index is -1.36. The van der Waals surface area contributed by atoms with Crippen LogP contribution in [0, 0.1) is 17.2 Å². The van der Waals surface area contributed by atoms with Gasteiger partial charge in [-0.3, -0.25) is 14.4 Å². The van der Waals surface area contributed by atoms with Crippen LogP contribution in [0.25, 0.3) is 0 Å². The first-order valence-electron chi connectivity index (χ1n) is 12.5. The van der Waals surface area contributed by atoms with Crippen molar-refractivity contribution < 1.29 is 29.0 Å². The molecule has 0 radical (unpaired) electrons. The van der Waals surface area contributed by atoms with E-state index in [1.165, 1.54) is 29.2 Å². The molecule has 2 aromatic carbocycles. The van der Waals surface area contributed by atoms with Gasteiger partial charge in [0.25, 0.3) is 0 Å². The van der Waals surface area contributed by atoms with Gasteiger partial charge in [-0.15, -0.1) is 0 Å². The summed E-state index contributed by atoms with van der Waals surface area (Å²) in [5.74, 6) is -2.52. The summed E-state index contributed by atoms with van der Waals surface area (Å²) in [5.41, 5.74) is 0.469. The van der Waals surface area contributed by atoms with Gasteiger partial charge in [-0.1, -0.05) is 56.1 Å². The Labute approximate surface area is 232 Å². The minimum Gasteiger partial charge on any atom is -0.481 e. The first kappa shape index (κ1) is 29.9. The quantitative estimate of drug-likeness (QED) is 0.427. The average Bonchev–Trinajstić information content (AvgIpc) is 2.86. The van der Waals surface area contributed by atoms with Crippen LogP contribution in [-0.2, 0) is 14.4 Å². The number of piperidine rings is 1. The molecule has 1 heterocycles. The average molecular weight is 567 g/mol. The number of carbonyl (C=O) groups excluding carboxylic acids is 2. The molecule has 1 saturated heterocycles. The second-order valence-electron chi connectivity index (χ2n) is 10.8. The number of aliphatic hydroxyl groups is 1. The van der Waals surface area contributed by atoms with Crippen molar-refractivity contribution in [3.05, 3.63) is 63.4 Å². The van der Waals surface area contributed by atoms with E-state index in [9.17, 15) is 29.0 Å². The smallest absolute Gasteiger partial charge is 0.306 e. The van der Waals surface area contributed by atoms with Crippen molar-refractivity contribution >= 4 is 46.7 Å². The largest absolute Gasteiger partial charge is 0.481 e. The van der Waals surface area contributed by atoms with Gasteiger partial charge in [-0.2, -0.15) is 0 Å². The number of anilines is 1. The van der Waals surface area contributed by atoms with Gasteiger partial charge in [0.15, 0.2) is 0 Å². The highest BCUT2D eigenvalue weighted by Crippen LogP contribution is 2.38. The maximum Gasteiger partial charge on any atom is 0.306 e. The van der Waals surface area contributed by atoms with Crippen LogP contribution in [0.15, 0.2) is 36.4 Å². The number of amides is 2. The molecule has 10 heteroatoms. The number of rotatable bonds is 8. The van der Waals surface area contributed by atoms with Gasteiger partial charge in [0.2, 0.25) is 11.8 Å². The number of likely N-dealkylation sites (tertiary alicyclic amines) is 1. The van der Waals surface area contributed by atoms with Crippen molar-refractivity contribution in [1.29, 1.82) is 0 Å². The van der Waals surface area contributed by atoms with Crippen LogP contribution in [0.4, 0.5) is 10.1 Å². The molecular formula is C28H33Cl2FN2O5. The van der Waals surface area contributed by atoms with Crippen LogP contribution < -0.4 is 4.90 Å². The summed E-state index contributed by atoms with van der Waals surface area (Å²) in [6.45, 7) is 6.85. The van der Waals surface area contributed by atoms with E-state index in [2.05, 4.69) is 0 Å². The van der Waals surface area contributed by atoms with Crippen molar-refractivity contribution in [3.63, 3.8) is 0 Å². The van der Waals surface area contributed by atoms with E-state index in [-0.39, 0.29) is 52.8 Å². The van der Waals surface area contributed by atoms with Gasteiger partial charge in [0, 0.05) is 54.3 Å². The molecule has 0 spiro atoms. The Hall–Kier alpha value is -2.68. The van der Waals surface area contributed by atoms with Crippen LogP contribution in [0.1, 0.15) is 63.7 Å². The monoisotopic (exact) mass is 566 g/mol. The van der Waals surface area contributed by atoms with E-state index in [0.717, 1.165) is 0 Å². The molecular weight excluding hydrogens is 534 g/mol. The fraction of sp³-hybridized carbons (Fsp3) is 0.464. The van der Waals surface area contributed by atoms with Gasteiger partial charge < -0.3 is 20.0 Å². The van der Waals surface area contributed by atoms with E-state index >= 15 is 0 Å². The summed E-state index contributed by atoms with van der Waals surface area (Å²) >= 11 is 12.4. The number of carboxylic acid groups (broad SMARTS) is 1. The molecule has 0 bridgehead atoms. The van der Waals surface area contributed by atoms with E-state index in [0.29, 0.717) is 36.6 Å². The van der Waals surface area contributed by atoms with Crippen molar-refractivity contribution in [2.24, 2.45) is 11.3 Å². The Morgan fingerprint density at radius 3 is 2.34 bits per heavy atom. The SMILES string of the molecule is CC(C)(C)CN(C(=O)CCC(=O)N1CCC(C(=O)O)CC1)c1ccc(Cl)cc1C(O)c1cccc(F)c1Cl. The molecule has 206 valence electrons. The third kappa shape index (κ3) is 7.46. The zero-order valence-electron chi connectivity index (χ0n) is 21.7. The molecule has 1 atom stereocenters. The summed E-state index contributed by atoms with van der Waals surface area (Å²) < 4.78 is 14.1. The van der Waals surface area contributed by atoms with Crippen LogP contribution in [0.2, 0.25) is 10.0 Å². The maximum absolute atomic E-state index is 14.1. The third-order valence-electron chi connectivity index (χ3n) is 6.53. The summed E-state index contributed by atoms with van der Waals surface area (Å²) in [5, 5.41) is 20.5. The topological polar surface area (TPSA) is 98.2 Å². The molecule has 1 aliphatic heterocycles. The summed E-state index contributed by atoms with van der Waals surface area (Å²) in [6.07, 6.45) is -0.690. The van der Waals surface area contributed by atoms with E-state index in [4.69, 9.17) is 23.2 Å². The zero-order chi connectivity index (χ0) is 28.2. The predicted octanol–water partition coefficient (Wildman–Crippen LogP) is 5.70. The Morgan fingerprint density at radius 1 is 1.08 bits per heavy atom. The Balaban J connectivity index is 1.85. The minimum absolute atomic E-state index is 0.0293. The molecule has 2 aromatic rings. The maximum atomic E-state index is 14.1. The highest BCUT2D eigenvalue weighted by atomic mass is 35.5. The highest BCUT2D eigenvalue weighted by Gasteiger charge is 2.30. The Kier molecular flexibility index (Phi) is 9.79. The summed E-state index contributed by atoms with van der Waals surface area (Å²) in [7, 11) is 0. The molecule has 2 N–H and O–H groups in total. The van der Waals surface area contributed by atoms with Crippen molar-refractivity contribution in [3.8, 4) is 0 Å². The van der Waals surface area contributed by atoms with Crippen LogP contribution in [-0.4, -0.2) is 52.5 Å². The molecule has 1 aliphatic rings. The molecule has 1 unspecified atom stereocenters. The number of halogens is 3. The number of carbonyl (C=O) groups is 3. The lowest BCUT2D eigenvalue weighted by molar-refractivity contribution is -0.145. The first-order valence-corrected chi connectivity index (χ1v) is 13.3. The number of carboxylic acids is 1. The molecule has 1 fully saturated rings. The van der Waals surface area contributed by atoms with E-state index in [1.54, 1.807) is 17.0 Å². The zero-order valence-corrected chi connectivity index (χ0v) is 23.2. The highest BCUT2D eigenvalue weighted by molar-refractivity contribution is 6.31. The molecule has 2 amide bonds. The van der Waals surface area contributed by atoms with Crippen molar-refractivity contribution in [2.45, 2.75) is 52.6 Å². The lowest BCUT2D eigenvalue weighted by Gasteiger charge is -2.33. The first-order chi connectivity index (χ1) is 17.8. The molecule has 0 aromatic heterocycles. The predicted molar refractivity (Wildman–Crippen MR) is 145 cm³/mol. The molecule has 0 saturated carbocycles. The van der Waals surface area contributed by atoms with Crippen LogP contribution >= 0.6 is 23.2 Å². The second kappa shape index (κ2) is 12.5. The lowest BCUT2D eigenvalue weighted by Crippen LogP contribution is -2.42. The number of benzene rings is 2. The lowest BCUT2D eigenvalue weighted by atomic mass is 9.93. The number of aliphatic carboxylic acids is 1. The van der Waals surface area contributed by atoms with Gasteiger partial charge in [-0.25, -0.2) is 4.39 Å². The summed E-state index contributed by atoms with van der Waals surface area (Å²) in [4.78, 5) is 40.6. The van der Waals surface area contributed by atoms with Gasteiger partial charge in [0.1, 0.15) is 11.9 Å². The van der Waals surface area contributed by atoms with E-state index in [1.807, 2.05) is 20.8 Å². The molecule has 3 rings (SSSR count). The molecule has 7 nitrogen and oxygen atoms in total. The summed E-state index contributed by atoms with van der Waals surface area (Å²) in [6, 6.07) is 8.87. The normalized spacial score (nSPS) is 15.3. The standard InChI is InChI=1S/C28H33Cl2FN2O5/c1-28(2,3)16-33(24(35)10-9-23(34)32-13-11-17(12-14-32)27(37)38)22-8-7-18(29)15-20(22)26(36)19-5-4-6-21(31)25(19)30/h4-8,15,17,26,36H,9-14,16H2,1-3H3,(H,37,38). The fourth-order valence-corrected chi connectivity index (χ4v) is 4.96. The van der Waals surface area contributed by atoms with Crippen LogP contribution in [0.3, 0.4) is 0 Å². The number of hydrogen-bond acceptors (Lipinski definition) is 4. The Bertz CT molecular complexity index is 1190. The van der Waals surface area contributed by atoms with Gasteiger partial charge in [0.05, 0.1) is 10.9 Å². The molecule has 0 aliphatic carbocycles. The van der Waals surface area contributed by atoms with Gasteiger partial charge in [-0.05, 0) is 42.5 Å². The Morgan fingerprint density at radius 2 is 1.74 bits per heavy atom. The number of hydrogen-bond donors (Lipinski definition) is 2. The number of nitrogens with zero attached hydrogens (tertiary/aromatic N) is 2. The molecule has 38 heavy (non-hydrogen) atoms. The fourth-order valence-electron chi connectivity index (χ4n) is 4.55. The van der Waals surface area contributed by atoms with Gasteiger partial charge >= 0.3 is 5.97 Å². The van der Waals surface area contributed by atoms with Crippen LogP contribution in [0.5, 0.6) is 0 Å². The second-order valence-corrected chi connectivity index (χ2v) is 11.6. The van der Waals surface area contributed by atoms with E-state index < -0.39 is 23.8 Å².